The lowest BCUT2D eigenvalue weighted by molar-refractivity contribution is -0.158. The zero-order valence-electron chi connectivity index (χ0n) is 16.1. The molecule has 6 nitrogen and oxygen atoms in total. The molecule has 3 heterocycles. The first-order chi connectivity index (χ1) is 12.9. The maximum atomic E-state index is 6.37. The summed E-state index contributed by atoms with van der Waals surface area (Å²) in [5.74, 6) is 0.640. The molecule has 27 heavy (non-hydrogen) atoms. The zero-order chi connectivity index (χ0) is 18.8. The Labute approximate surface area is 164 Å². The molecule has 0 radical (unpaired) electrons. The first-order valence-corrected chi connectivity index (χ1v) is 10.4. The number of aromatic nitrogens is 3. The number of rotatable bonds is 4. The number of fused-ring (bicyclic) bond motifs is 2. The maximum Gasteiger partial charge on any atom is 0.164 e. The number of hydrogen-bond acceptors (Lipinski definition) is 5. The molecule has 0 spiro atoms. The second kappa shape index (κ2) is 6.33. The minimum absolute atomic E-state index is 0.0135. The second-order valence-corrected chi connectivity index (χ2v) is 9.22. The fourth-order valence-corrected chi connectivity index (χ4v) is 5.07. The highest BCUT2D eigenvalue weighted by molar-refractivity contribution is 6.30. The van der Waals surface area contributed by atoms with Gasteiger partial charge in [-0.3, -0.25) is 0 Å². The van der Waals surface area contributed by atoms with Crippen LogP contribution in [0.3, 0.4) is 0 Å². The van der Waals surface area contributed by atoms with E-state index in [-0.39, 0.29) is 18.2 Å². The number of nitrogens with one attached hydrogen (secondary N) is 1. The minimum atomic E-state index is -0.537. The van der Waals surface area contributed by atoms with Crippen LogP contribution in [0.2, 0.25) is 5.15 Å². The van der Waals surface area contributed by atoms with E-state index in [1.165, 1.54) is 19.3 Å². The van der Waals surface area contributed by atoms with Crippen LogP contribution in [-0.4, -0.2) is 39.1 Å². The van der Waals surface area contributed by atoms with E-state index in [0.29, 0.717) is 11.1 Å². The minimum Gasteiger partial charge on any atom is -0.383 e. The first kappa shape index (κ1) is 17.7. The number of nitrogens with zero attached hydrogens (tertiary/aromatic N) is 3. The molecular formula is C20H27ClN4O2. The van der Waals surface area contributed by atoms with E-state index in [2.05, 4.69) is 21.8 Å². The van der Waals surface area contributed by atoms with Crippen LogP contribution < -0.4 is 5.32 Å². The summed E-state index contributed by atoms with van der Waals surface area (Å²) in [6.45, 7) is 7.18. The Hall–Kier alpha value is -1.37. The van der Waals surface area contributed by atoms with Crippen LogP contribution in [0.4, 0.5) is 5.69 Å². The van der Waals surface area contributed by atoms with Gasteiger partial charge < -0.3 is 19.4 Å². The molecule has 0 unspecified atom stereocenters. The molecule has 2 aromatic rings. The van der Waals surface area contributed by atoms with E-state index in [0.717, 1.165) is 35.7 Å². The van der Waals surface area contributed by atoms with Crippen LogP contribution in [-0.2, 0) is 9.47 Å². The smallest absolute Gasteiger partial charge is 0.164 e. The highest BCUT2D eigenvalue weighted by Crippen LogP contribution is 2.47. The molecule has 0 bridgehead atoms. The average molecular weight is 391 g/mol. The molecule has 0 aromatic carbocycles. The summed E-state index contributed by atoms with van der Waals surface area (Å²) in [5.41, 5.74) is 2.68. The monoisotopic (exact) mass is 390 g/mol. The molecule has 1 saturated heterocycles. The number of imidazole rings is 1. The molecule has 2 aliphatic carbocycles. The van der Waals surface area contributed by atoms with Crippen molar-refractivity contribution in [1.29, 1.82) is 0 Å². The molecule has 3 aliphatic rings. The molecule has 2 saturated carbocycles. The Balaban J connectivity index is 1.49. The van der Waals surface area contributed by atoms with Gasteiger partial charge >= 0.3 is 0 Å². The van der Waals surface area contributed by atoms with E-state index < -0.39 is 5.79 Å². The summed E-state index contributed by atoms with van der Waals surface area (Å²) < 4.78 is 14.5. The predicted molar refractivity (Wildman–Crippen MR) is 105 cm³/mol. The summed E-state index contributed by atoms with van der Waals surface area (Å²) in [7, 11) is 0. The van der Waals surface area contributed by atoms with Gasteiger partial charge in [-0.1, -0.05) is 24.9 Å². The maximum absolute atomic E-state index is 6.37. The van der Waals surface area contributed by atoms with Crippen molar-refractivity contribution in [1.82, 2.24) is 14.5 Å². The second-order valence-electron chi connectivity index (χ2n) is 8.84. The Kier molecular flexibility index (Phi) is 4.15. The third-order valence-electron chi connectivity index (χ3n) is 6.37. The summed E-state index contributed by atoms with van der Waals surface area (Å²) in [4.78, 5) is 9.31. The summed E-state index contributed by atoms with van der Waals surface area (Å²) in [6.07, 6.45) is 6.95. The van der Waals surface area contributed by atoms with Crippen molar-refractivity contribution in [2.75, 3.05) is 11.9 Å². The Morgan fingerprint density at radius 2 is 2.15 bits per heavy atom. The van der Waals surface area contributed by atoms with Crippen molar-refractivity contribution in [2.24, 2.45) is 11.8 Å². The fourth-order valence-electron chi connectivity index (χ4n) is 4.88. The van der Waals surface area contributed by atoms with Gasteiger partial charge in [0, 0.05) is 12.6 Å². The van der Waals surface area contributed by atoms with Gasteiger partial charge in [0.1, 0.15) is 16.8 Å². The van der Waals surface area contributed by atoms with Crippen LogP contribution in [0.5, 0.6) is 0 Å². The molecular weight excluding hydrogens is 364 g/mol. The third-order valence-corrected chi connectivity index (χ3v) is 6.56. The molecule has 3 fully saturated rings. The number of pyridine rings is 1. The third kappa shape index (κ3) is 3.02. The van der Waals surface area contributed by atoms with Crippen LogP contribution >= 0.6 is 11.6 Å². The van der Waals surface area contributed by atoms with E-state index in [1.54, 1.807) is 0 Å². The Morgan fingerprint density at radius 1 is 1.33 bits per heavy atom. The van der Waals surface area contributed by atoms with Crippen LogP contribution in [0, 0.1) is 11.8 Å². The van der Waals surface area contributed by atoms with Gasteiger partial charge in [0.05, 0.1) is 24.2 Å². The Morgan fingerprint density at radius 3 is 2.89 bits per heavy atom. The van der Waals surface area contributed by atoms with Gasteiger partial charge in [-0.05, 0) is 44.9 Å². The van der Waals surface area contributed by atoms with Gasteiger partial charge in [-0.2, -0.15) is 0 Å². The van der Waals surface area contributed by atoms with Gasteiger partial charge in [0.2, 0.25) is 0 Å². The average Bonchev–Trinajstić information content (AvgIpc) is 3.15. The summed E-state index contributed by atoms with van der Waals surface area (Å²) in [6, 6.07) is 2.03. The number of hydrogen-bond donors (Lipinski definition) is 1. The van der Waals surface area contributed by atoms with Gasteiger partial charge in [0.15, 0.2) is 11.4 Å². The van der Waals surface area contributed by atoms with Crippen molar-refractivity contribution >= 4 is 28.5 Å². The molecule has 1 aliphatic heterocycles. The molecule has 4 atom stereocenters. The summed E-state index contributed by atoms with van der Waals surface area (Å²) >= 11 is 6.37. The standard InChI is InChI=1S/C20H27ClN4O2/c1-11-7-14-18(27-20(2,3)26-14)17(11)25-10-23-16-13(8-15(21)24-19(16)25)22-9-12-5-4-6-12/h8,10-12,14,17-18H,4-7,9H2,1-3H3,(H,22,24)/t11-,14+,17+,18+/m0/s1. The molecule has 0 amide bonds. The SMILES string of the molecule is C[C@H]1C[C@H]2OC(C)(C)O[C@H]2[C@@H]1n1cnc2c(NCC3CCC3)cc(Cl)nc21. The lowest BCUT2D eigenvalue weighted by Gasteiger charge is -2.26. The fraction of sp³-hybridized carbons (Fsp3) is 0.700. The van der Waals surface area contributed by atoms with E-state index in [1.807, 2.05) is 26.2 Å². The van der Waals surface area contributed by atoms with E-state index in [4.69, 9.17) is 26.1 Å². The van der Waals surface area contributed by atoms with Gasteiger partial charge in [-0.15, -0.1) is 0 Å². The zero-order valence-corrected chi connectivity index (χ0v) is 16.9. The van der Waals surface area contributed by atoms with Crippen LogP contribution in [0.1, 0.15) is 52.5 Å². The van der Waals surface area contributed by atoms with Gasteiger partial charge in [0.25, 0.3) is 0 Å². The highest BCUT2D eigenvalue weighted by Gasteiger charge is 2.53. The predicted octanol–water partition coefficient (Wildman–Crippen LogP) is 4.40. The van der Waals surface area contributed by atoms with Crippen molar-refractivity contribution in [3.05, 3.63) is 17.5 Å². The van der Waals surface area contributed by atoms with Crippen molar-refractivity contribution in [3.63, 3.8) is 0 Å². The van der Waals surface area contributed by atoms with Crippen molar-refractivity contribution < 1.29 is 9.47 Å². The normalized spacial score (nSPS) is 32.6. The Bertz CT molecular complexity index is 863. The number of anilines is 1. The molecule has 5 rings (SSSR count). The number of halogens is 1. The number of ether oxygens (including phenoxy) is 2. The lowest BCUT2D eigenvalue weighted by atomic mass is 9.85. The quantitative estimate of drug-likeness (QED) is 0.784. The van der Waals surface area contributed by atoms with Crippen molar-refractivity contribution in [2.45, 2.75) is 70.5 Å². The molecule has 1 N–H and O–H groups in total. The van der Waals surface area contributed by atoms with Gasteiger partial charge in [-0.25, -0.2) is 9.97 Å². The molecule has 146 valence electrons. The lowest BCUT2D eigenvalue weighted by Crippen LogP contribution is -2.29. The first-order valence-electron chi connectivity index (χ1n) is 10.0. The van der Waals surface area contributed by atoms with Crippen molar-refractivity contribution in [3.8, 4) is 0 Å². The molecule has 2 aromatic heterocycles. The van der Waals surface area contributed by atoms with E-state index in [9.17, 15) is 0 Å². The molecule has 7 heteroatoms. The highest BCUT2D eigenvalue weighted by atomic mass is 35.5. The topological polar surface area (TPSA) is 61.2 Å². The van der Waals surface area contributed by atoms with Crippen LogP contribution in [0.15, 0.2) is 12.4 Å². The van der Waals surface area contributed by atoms with Crippen LogP contribution in [0.25, 0.3) is 11.2 Å². The largest absolute Gasteiger partial charge is 0.383 e. The van der Waals surface area contributed by atoms with E-state index >= 15 is 0 Å². The summed E-state index contributed by atoms with van der Waals surface area (Å²) in [5, 5.41) is 4.04.